The Morgan fingerprint density at radius 2 is 1.92 bits per heavy atom. The van der Waals surface area contributed by atoms with Crippen LogP contribution in [0.3, 0.4) is 0 Å². The van der Waals surface area contributed by atoms with Crippen LogP contribution in [-0.4, -0.2) is 55.8 Å². The molecule has 0 radical (unpaired) electrons. The van der Waals surface area contributed by atoms with Crippen molar-refractivity contribution in [3.8, 4) is 0 Å². The van der Waals surface area contributed by atoms with Gasteiger partial charge in [-0.3, -0.25) is 4.79 Å². The SMILES string of the molecule is Cl.O=C(CCCSc1ccc(Cl)cc1)NCCCN1CCNCC1. The van der Waals surface area contributed by atoms with Crippen molar-refractivity contribution in [2.45, 2.75) is 24.2 Å². The zero-order valence-electron chi connectivity index (χ0n) is 13.9. The Labute approximate surface area is 160 Å². The molecule has 2 rings (SSSR count). The second-order valence-corrected chi connectivity index (χ2v) is 7.31. The van der Waals surface area contributed by atoms with Gasteiger partial charge in [0.2, 0.25) is 5.91 Å². The van der Waals surface area contributed by atoms with Crippen molar-refractivity contribution >= 4 is 41.7 Å². The quantitative estimate of drug-likeness (QED) is 0.501. The Hall–Kier alpha value is -0.460. The lowest BCUT2D eigenvalue weighted by Gasteiger charge is -2.27. The van der Waals surface area contributed by atoms with Crippen molar-refractivity contribution in [2.75, 3.05) is 45.0 Å². The van der Waals surface area contributed by atoms with Gasteiger partial charge in [0.15, 0.2) is 0 Å². The Kier molecular flexibility index (Phi) is 11.5. The molecule has 0 aromatic heterocycles. The molecule has 0 unspecified atom stereocenters. The number of nitrogens with one attached hydrogen (secondary N) is 2. The molecule has 136 valence electrons. The number of rotatable bonds is 9. The van der Waals surface area contributed by atoms with E-state index in [0.29, 0.717) is 6.42 Å². The lowest BCUT2D eigenvalue weighted by atomic mass is 10.3. The zero-order valence-corrected chi connectivity index (χ0v) is 16.3. The van der Waals surface area contributed by atoms with Crippen LogP contribution in [0.5, 0.6) is 0 Å². The van der Waals surface area contributed by atoms with Crippen LogP contribution in [0.2, 0.25) is 5.02 Å². The average molecular weight is 392 g/mol. The summed E-state index contributed by atoms with van der Waals surface area (Å²) in [6.45, 7) is 6.27. The van der Waals surface area contributed by atoms with Crippen molar-refractivity contribution in [1.82, 2.24) is 15.5 Å². The summed E-state index contributed by atoms with van der Waals surface area (Å²) in [5, 5.41) is 7.13. The van der Waals surface area contributed by atoms with E-state index < -0.39 is 0 Å². The van der Waals surface area contributed by atoms with Gasteiger partial charge in [-0.15, -0.1) is 24.2 Å². The minimum Gasteiger partial charge on any atom is -0.356 e. The van der Waals surface area contributed by atoms with Crippen molar-refractivity contribution in [2.24, 2.45) is 0 Å². The molecular weight excluding hydrogens is 365 g/mol. The van der Waals surface area contributed by atoms with Gasteiger partial charge >= 0.3 is 0 Å². The molecule has 0 atom stereocenters. The highest BCUT2D eigenvalue weighted by Crippen LogP contribution is 2.21. The largest absolute Gasteiger partial charge is 0.356 e. The molecule has 4 nitrogen and oxygen atoms in total. The third-order valence-corrected chi connectivity index (χ3v) is 5.16. The topological polar surface area (TPSA) is 44.4 Å². The Bertz CT molecular complexity index is 467. The summed E-state index contributed by atoms with van der Waals surface area (Å²) in [6.07, 6.45) is 2.54. The molecule has 2 N–H and O–H groups in total. The fourth-order valence-corrected chi connectivity index (χ4v) is 3.49. The number of hydrogen-bond acceptors (Lipinski definition) is 4. The standard InChI is InChI=1S/C17H26ClN3OS.ClH/c18-15-4-6-16(7-5-15)23-14-1-3-17(22)20-8-2-11-21-12-9-19-10-13-21;/h4-7,19H,1-3,8-14H2,(H,20,22);1H. The summed E-state index contributed by atoms with van der Waals surface area (Å²) < 4.78 is 0. The molecule has 1 heterocycles. The van der Waals surface area contributed by atoms with E-state index in [0.717, 1.165) is 62.9 Å². The lowest BCUT2D eigenvalue weighted by molar-refractivity contribution is -0.121. The molecule has 1 aromatic carbocycles. The number of carbonyl (C=O) groups excluding carboxylic acids is 1. The molecule has 0 spiro atoms. The summed E-state index contributed by atoms with van der Waals surface area (Å²) in [5.41, 5.74) is 0. The van der Waals surface area contributed by atoms with Gasteiger partial charge in [-0.1, -0.05) is 11.6 Å². The van der Waals surface area contributed by atoms with Crippen LogP contribution in [0.1, 0.15) is 19.3 Å². The first kappa shape index (κ1) is 21.6. The first-order valence-electron chi connectivity index (χ1n) is 8.32. The van der Waals surface area contributed by atoms with E-state index in [4.69, 9.17) is 11.6 Å². The van der Waals surface area contributed by atoms with Gasteiger partial charge in [-0.2, -0.15) is 0 Å². The van der Waals surface area contributed by atoms with Crippen LogP contribution in [0.15, 0.2) is 29.2 Å². The summed E-state index contributed by atoms with van der Waals surface area (Å²) in [7, 11) is 0. The van der Waals surface area contributed by atoms with E-state index >= 15 is 0 Å². The smallest absolute Gasteiger partial charge is 0.220 e. The summed E-state index contributed by atoms with van der Waals surface area (Å²) >= 11 is 7.62. The number of hydrogen-bond donors (Lipinski definition) is 2. The number of amides is 1. The van der Waals surface area contributed by atoms with E-state index in [2.05, 4.69) is 15.5 Å². The molecule has 1 aliphatic rings. The van der Waals surface area contributed by atoms with Crippen molar-refractivity contribution in [3.63, 3.8) is 0 Å². The fourth-order valence-electron chi connectivity index (χ4n) is 2.51. The number of piperazine rings is 1. The van der Waals surface area contributed by atoms with Gasteiger partial charge in [-0.05, 0) is 49.4 Å². The zero-order chi connectivity index (χ0) is 16.3. The minimum absolute atomic E-state index is 0. The van der Waals surface area contributed by atoms with Gasteiger partial charge in [-0.25, -0.2) is 0 Å². The van der Waals surface area contributed by atoms with Crippen molar-refractivity contribution in [3.05, 3.63) is 29.3 Å². The number of halogens is 2. The monoisotopic (exact) mass is 391 g/mol. The Morgan fingerprint density at radius 3 is 2.62 bits per heavy atom. The Balaban J connectivity index is 0.00000288. The molecule has 7 heteroatoms. The van der Waals surface area contributed by atoms with Crippen LogP contribution in [-0.2, 0) is 4.79 Å². The highest BCUT2D eigenvalue weighted by atomic mass is 35.5. The molecule has 24 heavy (non-hydrogen) atoms. The molecule has 1 saturated heterocycles. The van der Waals surface area contributed by atoms with E-state index in [1.807, 2.05) is 24.3 Å². The number of benzene rings is 1. The van der Waals surface area contributed by atoms with Crippen LogP contribution >= 0.6 is 35.8 Å². The summed E-state index contributed by atoms with van der Waals surface area (Å²) in [4.78, 5) is 15.4. The van der Waals surface area contributed by atoms with Crippen molar-refractivity contribution in [1.29, 1.82) is 0 Å². The summed E-state index contributed by atoms with van der Waals surface area (Å²) in [6, 6.07) is 7.83. The predicted octanol–water partition coefficient (Wildman–Crippen LogP) is 3.05. The number of thioether (sulfide) groups is 1. The van der Waals surface area contributed by atoms with Gasteiger partial charge in [0.05, 0.1) is 0 Å². The molecule has 1 amide bonds. The van der Waals surface area contributed by atoms with Crippen LogP contribution in [0.25, 0.3) is 0 Å². The van der Waals surface area contributed by atoms with Crippen LogP contribution in [0, 0.1) is 0 Å². The second-order valence-electron chi connectivity index (χ2n) is 5.70. The normalized spacial score (nSPS) is 14.9. The van der Waals surface area contributed by atoms with Crippen LogP contribution < -0.4 is 10.6 Å². The second kappa shape index (κ2) is 12.8. The Morgan fingerprint density at radius 1 is 1.21 bits per heavy atom. The van der Waals surface area contributed by atoms with Crippen LogP contribution in [0.4, 0.5) is 0 Å². The lowest BCUT2D eigenvalue weighted by Crippen LogP contribution is -2.44. The minimum atomic E-state index is 0. The molecule has 0 saturated carbocycles. The average Bonchev–Trinajstić information content (AvgIpc) is 2.58. The highest BCUT2D eigenvalue weighted by Gasteiger charge is 2.08. The van der Waals surface area contributed by atoms with Crippen molar-refractivity contribution < 1.29 is 4.79 Å². The van der Waals surface area contributed by atoms with Gasteiger partial charge < -0.3 is 15.5 Å². The molecule has 1 aliphatic heterocycles. The third kappa shape index (κ3) is 9.14. The molecule has 0 aliphatic carbocycles. The number of carbonyl (C=O) groups is 1. The molecule has 0 bridgehead atoms. The van der Waals surface area contributed by atoms with E-state index in [-0.39, 0.29) is 18.3 Å². The maximum absolute atomic E-state index is 11.8. The molecule has 1 fully saturated rings. The van der Waals surface area contributed by atoms with Gasteiger partial charge in [0.25, 0.3) is 0 Å². The summed E-state index contributed by atoms with van der Waals surface area (Å²) in [5.74, 6) is 1.12. The third-order valence-electron chi connectivity index (χ3n) is 3.81. The number of nitrogens with zero attached hydrogens (tertiary/aromatic N) is 1. The van der Waals surface area contributed by atoms with Gasteiger partial charge in [0.1, 0.15) is 0 Å². The predicted molar refractivity (Wildman–Crippen MR) is 106 cm³/mol. The first-order chi connectivity index (χ1) is 11.2. The molecule has 1 aromatic rings. The van der Waals surface area contributed by atoms with E-state index in [1.54, 1.807) is 11.8 Å². The fraction of sp³-hybridized carbons (Fsp3) is 0.588. The van der Waals surface area contributed by atoms with Gasteiger partial charge in [0, 0.05) is 49.1 Å². The highest BCUT2D eigenvalue weighted by molar-refractivity contribution is 7.99. The molecular formula is C17H27Cl2N3OS. The first-order valence-corrected chi connectivity index (χ1v) is 9.68. The van der Waals surface area contributed by atoms with E-state index in [1.165, 1.54) is 4.90 Å². The van der Waals surface area contributed by atoms with E-state index in [9.17, 15) is 4.79 Å². The maximum Gasteiger partial charge on any atom is 0.220 e. The maximum atomic E-state index is 11.8.